The molecule has 0 spiro atoms. The highest BCUT2D eigenvalue weighted by atomic mass is 16.2. The van der Waals surface area contributed by atoms with E-state index in [2.05, 4.69) is 19.2 Å². The fraction of sp³-hybridized carbons (Fsp3) is 0.923. The molecule has 2 N–H and O–H groups in total. The average Bonchev–Trinajstić information content (AvgIpc) is 2.26. The van der Waals surface area contributed by atoms with Crippen LogP contribution in [0.25, 0.3) is 0 Å². The SMILES string of the molecule is CCC(C)CNC1CCC(CC(C)=O)CB1O. The Labute approximate surface area is 105 Å². The molecule has 0 aliphatic carbocycles. The summed E-state index contributed by atoms with van der Waals surface area (Å²) in [4.78, 5) is 11.1. The average molecular weight is 239 g/mol. The first-order valence-corrected chi connectivity index (χ1v) is 6.93. The van der Waals surface area contributed by atoms with E-state index in [1.807, 2.05) is 0 Å². The summed E-state index contributed by atoms with van der Waals surface area (Å²) in [6.45, 7) is 6.75. The van der Waals surface area contributed by atoms with Gasteiger partial charge in [0.25, 0.3) is 0 Å². The molecule has 3 atom stereocenters. The number of Topliss-reactive ketones (excluding diaryl/α,β-unsaturated/α-hetero) is 1. The molecule has 0 aromatic heterocycles. The molecule has 0 aromatic rings. The number of carbonyl (C=O) groups is 1. The molecule has 3 nitrogen and oxygen atoms in total. The van der Waals surface area contributed by atoms with Crippen LogP contribution in [0.1, 0.15) is 46.5 Å². The first-order valence-electron chi connectivity index (χ1n) is 6.93. The Morgan fingerprint density at radius 2 is 2.24 bits per heavy atom. The van der Waals surface area contributed by atoms with E-state index in [0.717, 1.165) is 25.7 Å². The van der Waals surface area contributed by atoms with E-state index in [4.69, 9.17) is 0 Å². The lowest BCUT2D eigenvalue weighted by atomic mass is 9.49. The molecule has 1 fully saturated rings. The molecule has 17 heavy (non-hydrogen) atoms. The zero-order valence-electron chi connectivity index (χ0n) is 11.4. The predicted molar refractivity (Wildman–Crippen MR) is 72.0 cm³/mol. The van der Waals surface area contributed by atoms with Crippen molar-refractivity contribution in [2.75, 3.05) is 6.54 Å². The number of hydrogen-bond acceptors (Lipinski definition) is 3. The molecule has 4 heteroatoms. The summed E-state index contributed by atoms with van der Waals surface area (Å²) in [5.41, 5.74) is 0. The molecule has 0 saturated carbocycles. The number of ketones is 1. The van der Waals surface area contributed by atoms with Gasteiger partial charge >= 0.3 is 6.92 Å². The van der Waals surface area contributed by atoms with Crippen molar-refractivity contribution in [2.24, 2.45) is 11.8 Å². The first-order chi connectivity index (χ1) is 8.02. The lowest BCUT2D eigenvalue weighted by Gasteiger charge is -2.31. The number of nitrogens with one attached hydrogen (secondary N) is 1. The van der Waals surface area contributed by atoms with Crippen molar-refractivity contribution < 1.29 is 9.82 Å². The molecule has 1 rings (SSSR count). The van der Waals surface area contributed by atoms with Crippen LogP contribution in [-0.4, -0.2) is 30.2 Å². The topological polar surface area (TPSA) is 49.3 Å². The van der Waals surface area contributed by atoms with Crippen molar-refractivity contribution in [3.8, 4) is 0 Å². The Morgan fingerprint density at radius 3 is 2.76 bits per heavy atom. The van der Waals surface area contributed by atoms with Gasteiger partial charge in [0.2, 0.25) is 0 Å². The number of hydrogen-bond donors (Lipinski definition) is 2. The third kappa shape index (κ3) is 5.22. The van der Waals surface area contributed by atoms with Gasteiger partial charge in [0, 0.05) is 12.4 Å². The van der Waals surface area contributed by atoms with Crippen molar-refractivity contribution in [3.05, 3.63) is 0 Å². The summed E-state index contributed by atoms with van der Waals surface area (Å²) >= 11 is 0. The Morgan fingerprint density at radius 1 is 1.53 bits per heavy atom. The van der Waals surface area contributed by atoms with Gasteiger partial charge in [-0.15, -0.1) is 0 Å². The van der Waals surface area contributed by atoms with E-state index in [-0.39, 0.29) is 18.6 Å². The Kier molecular flexibility index (Phi) is 6.21. The predicted octanol–water partition coefficient (Wildman–Crippen LogP) is 1.90. The second kappa shape index (κ2) is 7.17. The minimum atomic E-state index is -0.280. The molecule has 0 aromatic carbocycles. The lowest BCUT2D eigenvalue weighted by molar-refractivity contribution is -0.117. The maximum atomic E-state index is 11.1. The van der Waals surface area contributed by atoms with Gasteiger partial charge in [-0.05, 0) is 44.5 Å². The highest BCUT2D eigenvalue weighted by molar-refractivity contribution is 6.52. The molecule has 0 radical (unpaired) electrons. The molecule has 98 valence electrons. The standard InChI is InChI=1S/C13H26BNO2/c1-4-10(2)9-15-13-6-5-12(7-11(3)16)8-14(13)17/h10,12-13,15,17H,4-9H2,1-3H3. The van der Waals surface area contributed by atoms with Crippen LogP contribution < -0.4 is 5.32 Å². The van der Waals surface area contributed by atoms with Crippen LogP contribution >= 0.6 is 0 Å². The summed E-state index contributed by atoms with van der Waals surface area (Å²) in [5, 5.41) is 13.5. The highest BCUT2D eigenvalue weighted by Crippen LogP contribution is 2.26. The van der Waals surface area contributed by atoms with E-state index in [1.54, 1.807) is 6.92 Å². The van der Waals surface area contributed by atoms with Gasteiger partial charge in [0.05, 0.1) is 0 Å². The van der Waals surface area contributed by atoms with Crippen molar-refractivity contribution in [2.45, 2.75) is 58.7 Å². The quantitative estimate of drug-likeness (QED) is 0.696. The van der Waals surface area contributed by atoms with Gasteiger partial charge in [-0.1, -0.05) is 20.3 Å². The van der Waals surface area contributed by atoms with Gasteiger partial charge in [0.15, 0.2) is 0 Å². The highest BCUT2D eigenvalue weighted by Gasteiger charge is 2.32. The molecule has 3 unspecified atom stereocenters. The second-order valence-corrected chi connectivity index (χ2v) is 5.68. The van der Waals surface area contributed by atoms with Crippen molar-refractivity contribution >= 4 is 12.7 Å². The zero-order chi connectivity index (χ0) is 12.8. The molecule has 0 amide bonds. The minimum absolute atomic E-state index is 0.229. The Hall–Kier alpha value is -0.345. The molecule has 1 saturated heterocycles. The summed E-state index contributed by atoms with van der Waals surface area (Å²) in [6.07, 6.45) is 4.64. The van der Waals surface area contributed by atoms with Crippen molar-refractivity contribution in [1.82, 2.24) is 5.32 Å². The zero-order valence-corrected chi connectivity index (χ0v) is 11.4. The maximum absolute atomic E-state index is 11.1. The smallest absolute Gasteiger partial charge is 0.306 e. The second-order valence-electron chi connectivity index (χ2n) is 5.68. The number of carbonyl (C=O) groups excluding carboxylic acids is 1. The van der Waals surface area contributed by atoms with E-state index >= 15 is 0 Å². The van der Waals surface area contributed by atoms with E-state index in [0.29, 0.717) is 18.3 Å². The van der Waals surface area contributed by atoms with Crippen LogP contribution in [0.4, 0.5) is 0 Å². The van der Waals surface area contributed by atoms with Crippen LogP contribution in [0.3, 0.4) is 0 Å². The lowest BCUT2D eigenvalue weighted by Crippen LogP contribution is -2.48. The van der Waals surface area contributed by atoms with Gasteiger partial charge in [-0.25, -0.2) is 0 Å². The van der Waals surface area contributed by atoms with E-state index < -0.39 is 0 Å². The van der Waals surface area contributed by atoms with E-state index in [1.165, 1.54) is 6.42 Å². The molecule has 1 aliphatic rings. The van der Waals surface area contributed by atoms with Gasteiger partial charge in [0.1, 0.15) is 5.78 Å². The molecular weight excluding hydrogens is 213 g/mol. The molecule has 1 aliphatic heterocycles. The summed E-state index contributed by atoms with van der Waals surface area (Å²) in [7, 11) is 0. The van der Waals surface area contributed by atoms with Crippen LogP contribution in [-0.2, 0) is 4.79 Å². The fourth-order valence-corrected chi connectivity index (χ4v) is 2.56. The summed E-state index contributed by atoms with van der Waals surface area (Å²) in [6, 6.07) is 0. The van der Waals surface area contributed by atoms with Crippen LogP contribution in [0, 0.1) is 11.8 Å². The van der Waals surface area contributed by atoms with Gasteiger partial charge in [-0.2, -0.15) is 0 Å². The van der Waals surface area contributed by atoms with E-state index in [9.17, 15) is 9.82 Å². The first kappa shape index (κ1) is 14.7. The van der Waals surface area contributed by atoms with Crippen molar-refractivity contribution in [3.63, 3.8) is 0 Å². The van der Waals surface area contributed by atoms with Crippen LogP contribution in [0.15, 0.2) is 0 Å². The monoisotopic (exact) mass is 239 g/mol. The Bertz CT molecular complexity index is 248. The van der Waals surface area contributed by atoms with Gasteiger partial charge < -0.3 is 15.1 Å². The third-order valence-corrected chi connectivity index (χ3v) is 3.93. The van der Waals surface area contributed by atoms with Crippen molar-refractivity contribution in [1.29, 1.82) is 0 Å². The summed E-state index contributed by atoms with van der Waals surface area (Å²) in [5.74, 6) is 1.53. The number of rotatable bonds is 6. The fourth-order valence-electron chi connectivity index (χ4n) is 2.56. The molecular formula is C13H26BNO2. The normalized spacial score (nSPS) is 26.9. The summed E-state index contributed by atoms with van der Waals surface area (Å²) < 4.78 is 0. The van der Waals surface area contributed by atoms with Crippen LogP contribution in [0.5, 0.6) is 0 Å². The largest absolute Gasteiger partial charge is 0.449 e. The Balaban J connectivity index is 2.29. The van der Waals surface area contributed by atoms with Crippen LogP contribution in [0.2, 0.25) is 6.32 Å². The van der Waals surface area contributed by atoms with Gasteiger partial charge in [-0.3, -0.25) is 0 Å². The third-order valence-electron chi connectivity index (χ3n) is 3.93. The minimum Gasteiger partial charge on any atom is -0.449 e. The molecule has 1 heterocycles. The maximum Gasteiger partial charge on any atom is 0.306 e. The molecule has 0 bridgehead atoms.